The highest BCUT2D eigenvalue weighted by atomic mass is 16.3. The number of rotatable bonds is 3. The zero-order chi connectivity index (χ0) is 14.8. The summed E-state index contributed by atoms with van der Waals surface area (Å²) in [5, 5.41) is 2.85. The molecule has 2 heterocycles. The third-order valence-electron chi connectivity index (χ3n) is 2.95. The van der Waals surface area contributed by atoms with Crippen molar-refractivity contribution in [1.82, 2.24) is 15.3 Å². The van der Waals surface area contributed by atoms with Crippen LogP contribution in [0.3, 0.4) is 0 Å². The average molecular weight is 281 g/mol. The lowest BCUT2D eigenvalue weighted by atomic mass is 10.2. The lowest BCUT2D eigenvalue weighted by Gasteiger charge is -2.07. The van der Waals surface area contributed by atoms with Gasteiger partial charge in [-0.15, -0.1) is 0 Å². The van der Waals surface area contributed by atoms with Crippen LogP contribution in [0.2, 0.25) is 0 Å². The van der Waals surface area contributed by atoms with E-state index >= 15 is 0 Å². The minimum Gasteiger partial charge on any atom is -0.435 e. The standard InChI is InChI=1S/C16H15N3O2/c1-10(2)18-15(20)11-6-7-14-13(9-11)19-16(21-14)12-5-3-4-8-17-12/h3-10H,1-2H3,(H,18,20). The highest BCUT2D eigenvalue weighted by Gasteiger charge is 2.12. The van der Waals surface area contributed by atoms with E-state index in [0.29, 0.717) is 28.2 Å². The van der Waals surface area contributed by atoms with E-state index in [-0.39, 0.29) is 11.9 Å². The summed E-state index contributed by atoms with van der Waals surface area (Å²) < 4.78 is 5.66. The van der Waals surface area contributed by atoms with Gasteiger partial charge in [0, 0.05) is 17.8 Å². The second kappa shape index (κ2) is 5.36. The van der Waals surface area contributed by atoms with Crippen molar-refractivity contribution in [1.29, 1.82) is 0 Å². The molecule has 0 aliphatic heterocycles. The van der Waals surface area contributed by atoms with Crippen LogP contribution in [0.4, 0.5) is 0 Å². The van der Waals surface area contributed by atoms with Gasteiger partial charge in [0.15, 0.2) is 5.58 Å². The number of amides is 1. The number of aromatic nitrogens is 2. The molecule has 2 aromatic heterocycles. The molecule has 0 atom stereocenters. The molecule has 1 N–H and O–H groups in total. The Hall–Kier alpha value is -2.69. The molecule has 21 heavy (non-hydrogen) atoms. The number of carbonyl (C=O) groups is 1. The van der Waals surface area contributed by atoms with Gasteiger partial charge < -0.3 is 9.73 Å². The van der Waals surface area contributed by atoms with Crippen LogP contribution in [-0.2, 0) is 0 Å². The fourth-order valence-corrected chi connectivity index (χ4v) is 2.01. The predicted octanol–water partition coefficient (Wildman–Crippen LogP) is 3.03. The van der Waals surface area contributed by atoms with Crippen molar-refractivity contribution in [3.05, 3.63) is 48.2 Å². The third kappa shape index (κ3) is 2.76. The number of pyridine rings is 1. The lowest BCUT2D eigenvalue weighted by Crippen LogP contribution is -2.29. The molecule has 106 valence electrons. The summed E-state index contributed by atoms with van der Waals surface area (Å²) in [5.41, 5.74) is 2.52. The molecule has 1 amide bonds. The first-order valence-corrected chi connectivity index (χ1v) is 6.76. The molecule has 0 aliphatic rings. The van der Waals surface area contributed by atoms with Gasteiger partial charge in [0.1, 0.15) is 11.2 Å². The monoisotopic (exact) mass is 281 g/mol. The van der Waals surface area contributed by atoms with E-state index in [1.54, 1.807) is 24.4 Å². The summed E-state index contributed by atoms with van der Waals surface area (Å²) in [6.07, 6.45) is 1.69. The number of hydrogen-bond acceptors (Lipinski definition) is 4. The number of oxazole rings is 1. The molecule has 3 rings (SSSR count). The molecule has 0 bridgehead atoms. The van der Waals surface area contributed by atoms with Crippen LogP contribution < -0.4 is 5.32 Å². The molecule has 0 saturated heterocycles. The van der Waals surface area contributed by atoms with Crippen LogP contribution >= 0.6 is 0 Å². The summed E-state index contributed by atoms with van der Waals surface area (Å²) in [6, 6.07) is 10.8. The van der Waals surface area contributed by atoms with Gasteiger partial charge in [-0.1, -0.05) is 6.07 Å². The van der Waals surface area contributed by atoms with Crippen molar-refractivity contribution in [3.63, 3.8) is 0 Å². The smallest absolute Gasteiger partial charge is 0.251 e. The lowest BCUT2D eigenvalue weighted by molar-refractivity contribution is 0.0943. The number of fused-ring (bicyclic) bond motifs is 1. The van der Waals surface area contributed by atoms with Crippen molar-refractivity contribution in [2.75, 3.05) is 0 Å². The Morgan fingerprint density at radius 1 is 1.24 bits per heavy atom. The molecule has 0 fully saturated rings. The Kier molecular flexibility index (Phi) is 3.39. The third-order valence-corrected chi connectivity index (χ3v) is 2.95. The summed E-state index contributed by atoms with van der Waals surface area (Å²) in [4.78, 5) is 20.6. The Morgan fingerprint density at radius 3 is 2.81 bits per heavy atom. The van der Waals surface area contributed by atoms with Gasteiger partial charge in [0.05, 0.1) is 0 Å². The summed E-state index contributed by atoms with van der Waals surface area (Å²) in [5.74, 6) is 0.335. The quantitative estimate of drug-likeness (QED) is 0.801. The fourth-order valence-electron chi connectivity index (χ4n) is 2.01. The Bertz CT molecular complexity index is 779. The van der Waals surface area contributed by atoms with Crippen LogP contribution in [0, 0.1) is 0 Å². The molecule has 1 aromatic carbocycles. The second-order valence-electron chi connectivity index (χ2n) is 5.04. The first-order valence-electron chi connectivity index (χ1n) is 6.76. The maximum absolute atomic E-state index is 12.0. The van der Waals surface area contributed by atoms with E-state index in [2.05, 4.69) is 15.3 Å². The van der Waals surface area contributed by atoms with Crippen molar-refractivity contribution < 1.29 is 9.21 Å². The van der Waals surface area contributed by atoms with Crippen LogP contribution in [0.5, 0.6) is 0 Å². The first kappa shape index (κ1) is 13.3. The molecule has 3 aromatic rings. The molecule has 0 saturated carbocycles. The Morgan fingerprint density at radius 2 is 2.10 bits per heavy atom. The maximum Gasteiger partial charge on any atom is 0.251 e. The Labute approximate surface area is 122 Å². The van der Waals surface area contributed by atoms with Crippen molar-refractivity contribution >= 4 is 17.0 Å². The SMILES string of the molecule is CC(C)NC(=O)c1ccc2oc(-c3ccccn3)nc2c1. The van der Waals surface area contributed by atoms with E-state index in [1.165, 1.54) is 0 Å². The molecule has 5 nitrogen and oxygen atoms in total. The Balaban J connectivity index is 1.97. The highest BCUT2D eigenvalue weighted by Crippen LogP contribution is 2.23. The first-order chi connectivity index (χ1) is 10.1. The predicted molar refractivity (Wildman–Crippen MR) is 79.8 cm³/mol. The number of nitrogens with zero attached hydrogens (tertiary/aromatic N) is 2. The van der Waals surface area contributed by atoms with Crippen LogP contribution in [-0.4, -0.2) is 21.9 Å². The molecule has 5 heteroatoms. The molecular formula is C16H15N3O2. The van der Waals surface area contributed by atoms with Crippen LogP contribution in [0.25, 0.3) is 22.7 Å². The van der Waals surface area contributed by atoms with Crippen molar-refractivity contribution in [2.45, 2.75) is 19.9 Å². The van der Waals surface area contributed by atoms with Crippen LogP contribution in [0.15, 0.2) is 47.0 Å². The molecule has 0 radical (unpaired) electrons. The van der Waals surface area contributed by atoms with E-state index in [9.17, 15) is 4.79 Å². The van der Waals surface area contributed by atoms with E-state index in [1.807, 2.05) is 32.0 Å². The van der Waals surface area contributed by atoms with Gasteiger partial charge in [-0.3, -0.25) is 9.78 Å². The number of hydrogen-bond donors (Lipinski definition) is 1. The zero-order valence-electron chi connectivity index (χ0n) is 11.8. The average Bonchev–Trinajstić information content (AvgIpc) is 2.90. The molecule has 0 aliphatic carbocycles. The van der Waals surface area contributed by atoms with Crippen molar-refractivity contribution in [2.24, 2.45) is 0 Å². The minimum absolute atomic E-state index is 0.0922. The number of nitrogens with one attached hydrogen (secondary N) is 1. The summed E-state index contributed by atoms with van der Waals surface area (Å²) in [6.45, 7) is 3.84. The highest BCUT2D eigenvalue weighted by molar-refractivity contribution is 5.97. The topological polar surface area (TPSA) is 68.0 Å². The van der Waals surface area contributed by atoms with Gasteiger partial charge in [0.2, 0.25) is 5.89 Å². The summed E-state index contributed by atoms with van der Waals surface area (Å²) >= 11 is 0. The van der Waals surface area contributed by atoms with Gasteiger partial charge in [-0.05, 0) is 44.2 Å². The van der Waals surface area contributed by atoms with Crippen molar-refractivity contribution in [3.8, 4) is 11.6 Å². The van der Waals surface area contributed by atoms with Gasteiger partial charge in [0.25, 0.3) is 5.91 Å². The van der Waals surface area contributed by atoms with Crippen LogP contribution in [0.1, 0.15) is 24.2 Å². The molecule has 0 spiro atoms. The molecule has 0 unspecified atom stereocenters. The van der Waals surface area contributed by atoms with Gasteiger partial charge in [-0.25, -0.2) is 4.98 Å². The molecular weight excluding hydrogens is 266 g/mol. The zero-order valence-corrected chi connectivity index (χ0v) is 11.8. The van der Waals surface area contributed by atoms with Gasteiger partial charge >= 0.3 is 0 Å². The number of benzene rings is 1. The minimum atomic E-state index is -0.116. The van der Waals surface area contributed by atoms with E-state index in [0.717, 1.165) is 0 Å². The largest absolute Gasteiger partial charge is 0.435 e. The summed E-state index contributed by atoms with van der Waals surface area (Å²) in [7, 11) is 0. The second-order valence-corrected chi connectivity index (χ2v) is 5.04. The maximum atomic E-state index is 12.0. The number of carbonyl (C=O) groups excluding carboxylic acids is 1. The normalized spacial score (nSPS) is 11.0. The van der Waals surface area contributed by atoms with E-state index in [4.69, 9.17) is 4.42 Å². The fraction of sp³-hybridized carbons (Fsp3) is 0.188. The van der Waals surface area contributed by atoms with Gasteiger partial charge in [-0.2, -0.15) is 0 Å². The van der Waals surface area contributed by atoms with E-state index < -0.39 is 0 Å².